The number of thiocarbonyl (C=S) groups is 1. The molecule has 1 atom stereocenters. The van der Waals surface area contributed by atoms with Gasteiger partial charge in [0, 0.05) is 18.8 Å². The standard InChI is InChI=1S/C17H13N3O5S2/c21-14(22)4-3-12(16(24)25)20-15(23)13(27-17(20)26)8-9-1-2-10-11(7-9)19-6-5-18-10/h1-2,5-8,12H,3-4H2,(H,21,22)(H,24,25)/b13-8-/t12-/m0/s1. The molecule has 1 saturated heterocycles. The number of aromatic nitrogens is 2. The van der Waals surface area contributed by atoms with Crippen molar-refractivity contribution in [2.24, 2.45) is 0 Å². The van der Waals surface area contributed by atoms with Crippen LogP contribution in [0.1, 0.15) is 18.4 Å². The molecule has 1 aliphatic heterocycles. The normalized spacial score (nSPS) is 16.9. The van der Waals surface area contributed by atoms with E-state index in [4.69, 9.17) is 17.3 Å². The van der Waals surface area contributed by atoms with Crippen LogP contribution < -0.4 is 0 Å². The van der Waals surface area contributed by atoms with Gasteiger partial charge in [0.05, 0.1) is 15.9 Å². The first-order valence-corrected chi connectivity index (χ1v) is 9.01. The van der Waals surface area contributed by atoms with E-state index in [0.29, 0.717) is 16.6 Å². The molecule has 2 heterocycles. The molecule has 0 unspecified atom stereocenters. The lowest BCUT2D eigenvalue weighted by molar-refractivity contribution is -0.146. The second kappa shape index (κ2) is 7.80. The fraction of sp³-hybridized carbons (Fsp3) is 0.176. The van der Waals surface area contributed by atoms with Gasteiger partial charge in [-0.25, -0.2) is 4.79 Å². The molecule has 1 amide bonds. The van der Waals surface area contributed by atoms with Crippen LogP contribution in [-0.4, -0.2) is 53.3 Å². The Labute approximate surface area is 162 Å². The van der Waals surface area contributed by atoms with Gasteiger partial charge >= 0.3 is 11.9 Å². The number of hydrogen-bond acceptors (Lipinski definition) is 7. The quantitative estimate of drug-likeness (QED) is 0.552. The molecule has 1 fully saturated rings. The number of carbonyl (C=O) groups excluding carboxylic acids is 1. The van der Waals surface area contributed by atoms with Crippen LogP contribution >= 0.6 is 24.0 Å². The van der Waals surface area contributed by atoms with E-state index in [1.54, 1.807) is 36.7 Å². The third kappa shape index (κ3) is 4.12. The number of thioether (sulfide) groups is 1. The molecule has 1 aliphatic rings. The van der Waals surface area contributed by atoms with E-state index in [2.05, 4.69) is 9.97 Å². The third-order valence-electron chi connectivity index (χ3n) is 3.84. The van der Waals surface area contributed by atoms with Gasteiger partial charge < -0.3 is 10.2 Å². The summed E-state index contributed by atoms with van der Waals surface area (Å²) in [6, 6.07) is 3.97. The summed E-state index contributed by atoms with van der Waals surface area (Å²) >= 11 is 6.14. The van der Waals surface area contributed by atoms with Gasteiger partial charge in [-0.2, -0.15) is 0 Å². The first-order valence-electron chi connectivity index (χ1n) is 7.79. The monoisotopic (exact) mass is 403 g/mol. The molecule has 1 aromatic carbocycles. The first kappa shape index (κ1) is 18.9. The number of nitrogens with zero attached hydrogens (tertiary/aromatic N) is 3. The van der Waals surface area contributed by atoms with Gasteiger partial charge in [0.1, 0.15) is 10.4 Å². The van der Waals surface area contributed by atoms with Crippen molar-refractivity contribution < 1.29 is 24.6 Å². The molecule has 2 aromatic rings. The van der Waals surface area contributed by atoms with Crippen LogP contribution in [0.4, 0.5) is 0 Å². The lowest BCUT2D eigenvalue weighted by atomic mass is 10.1. The van der Waals surface area contributed by atoms with Crippen molar-refractivity contribution in [3.8, 4) is 0 Å². The van der Waals surface area contributed by atoms with E-state index in [1.165, 1.54) is 0 Å². The van der Waals surface area contributed by atoms with Gasteiger partial charge in [0.25, 0.3) is 5.91 Å². The Balaban J connectivity index is 1.88. The number of aliphatic carboxylic acids is 2. The Morgan fingerprint density at radius 2 is 1.93 bits per heavy atom. The van der Waals surface area contributed by atoms with Gasteiger partial charge in [-0.15, -0.1) is 0 Å². The van der Waals surface area contributed by atoms with Gasteiger partial charge in [-0.3, -0.25) is 24.5 Å². The molecule has 3 rings (SSSR count). The van der Waals surface area contributed by atoms with Crippen molar-refractivity contribution in [2.45, 2.75) is 18.9 Å². The molecular formula is C17H13N3O5S2. The zero-order valence-corrected chi connectivity index (χ0v) is 15.4. The van der Waals surface area contributed by atoms with Crippen molar-refractivity contribution in [3.05, 3.63) is 41.1 Å². The number of amides is 1. The number of benzene rings is 1. The van der Waals surface area contributed by atoms with Gasteiger partial charge in [0.2, 0.25) is 0 Å². The van der Waals surface area contributed by atoms with Crippen molar-refractivity contribution in [3.63, 3.8) is 0 Å². The molecule has 8 nitrogen and oxygen atoms in total. The van der Waals surface area contributed by atoms with E-state index in [9.17, 15) is 19.5 Å². The van der Waals surface area contributed by atoms with E-state index >= 15 is 0 Å². The van der Waals surface area contributed by atoms with Crippen LogP contribution in [0, 0.1) is 0 Å². The van der Waals surface area contributed by atoms with Crippen LogP contribution in [0.5, 0.6) is 0 Å². The fourth-order valence-corrected chi connectivity index (χ4v) is 3.95. The zero-order chi connectivity index (χ0) is 19.6. The van der Waals surface area contributed by atoms with Crippen LogP contribution in [0.25, 0.3) is 17.1 Å². The van der Waals surface area contributed by atoms with Gasteiger partial charge in [-0.1, -0.05) is 30.0 Å². The molecule has 0 bridgehead atoms. The first-order chi connectivity index (χ1) is 12.9. The average Bonchev–Trinajstić information content (AvgIpc) is 2.89. The predicted octanol–water partition coefficient (Wildman–Crippen LogP) is 2.15. The molecular weight excluding hydrogens is 390 g/mol. The minimum Gasteiger partial charge on any atom is -0.481 e. The summed E-state index contributed by atoms with van der Waals surface area (Å²) in [6.07, 6.45) is 4.14. The molecule has 10 heteroatoms. The fourth-order valence-electron chi connectivity index (χ4n) is 2.59. The summed E-state index contributed by atoms with van der Waals surface area (Å²) < 4.78 is 0.0876. The van der Waals surface area contributed by atoms with E-state index < -0.39 is 23.9 Å². The number of carboxylic acids is 2. The summed E-state index contributed by atoms with van der Waals surface area (Å²) in [5.74, 6) is -2.99. The number of fused-ring (bicyclic) bond motifs is 1. The highest BCUT2D eigenvalue weighted by Crippen LogP contribution is 2.35. The summed E-state index contributed by atoms with van der Waals surface area (Å²) in [7, 11) is 0. The van der Waals surface area contributed by atoms with Crippen LogP contribution in [0.3, 0.4) is 0 Å². The minimum absolute atomic E-state index is 0.0876. The van der Waals surface area contributed by atoms with Crippen molar-refractivity contribution in [1.29, 1.82) is 0 Å². The predicted molar refractivity (Wildman–Crippen MR) is 103 cm³/mol. The van der Waals surface area contributed by atoms with E-state index in [-0.39, 0.29) is 22.1 Å². The molecule has 0 aliphatic carbocycles. The third-order valence-corrected chi connectivity index (χ3v) is 5.17. The second-order valence-electron chi connectivity index (χ2n) is 5.64. The van der Waals surface area contributed by atoms with Crippen molar-refractivity contribution in [1.82, 2.24) is 14.9 Å². The summed E-state index contributed by atoms with van der Waals surface area (Å²) in [4.78, 5) is 44.6. The molecule has 2 N–H and O–H groups in total. The Kier molecular flexibility index (Phi) is 5.47. The Morgan fingerprint density at radius 3 is 2.59 bits per heavy atom. The number of carbonyl (C=O) groups is 3. The molecule has 1 aromatic heterocycles. The highest BCUT2D eigenvalue weighted by Gasteiger charge is 2.40. The lowest BCUT2D eigenvalue weighted by Gasteiger charge is -2.22. The smallest absolute Gasteiger partial charge is 0.326 e. The van der Waals surface area contributed by atoms with E-state index in [1.807, 2.05) is 0 Å². The topological polar surface area (TPSA) is 121 Å². The minimum atomic E-state index is -1.32. The van der Waals surface area contributed by atoms with Crippen LogP contribution in [0.15, 0.2) is 35.5 Å². The van der Waals surface area contributed by atoms with E-state index in [0.717, 1.165) is 16.7 Å². The van der Waals surface area contributed by atoms with Crippen molar-refractivity contribution in [2.75, 3.05) is 0 Å². The second-order valence-corrected chi connectivity index (χ2v) is 7.32. The molecule has 138 valence electrons. The number of carboxylic acid groups (broad SMARTS) is 2. The van der Waals surface area contributed by atoms with Crippen LogP contribution in [0.2, 0.25) is 0 Å². The molecule has 0 saturated carbocycles. The molecule has 0 radical (unpaired) electrons. The highest BCUT2D eigenvalue weighted by molar-refractivity contribution is 8.26. The lowest BCUT2D eigenvalue weighted by Crippen LogP contribution is -2.44. The maximum Gasteiger partial charge on any atom is 0.326 e. The number of rotatable bonds is 6. The summed E-state index contributed by atoms with van der Waals surface area (Å²) in [6.45, 7) is 0. The van der Waals surface area contributed by atoms with Gasteiger partial charge in [-0.05, 0) is 30.2 Å². The van der Waals surface area contributed by atoms with Crippen molar-refractivity contribution >= 4 is 63.3 Å². The Bertz CT molecular complexity index is 991. The largest absolute Gasteiger partial charge is 0.481 e. The van der Waals surface area contributed by atoms with Crippen LogP contribution in [-0.2, 0) is 14.4 Å². The SMILES string of the molecule is O=C(O)CC[C@@H](C(=O)O)N1C(=O)/C(=C/c2ccc3nccnc3c2)SC1=S. The maximum absolute atomic E-state index is 12.7. The van der Waals surface area contributed by atoms with Gasteiger partial charge in [0.15, 0.2) is 0 Å². The Hall–Kier alpha value is -2.85. The average molecular weight is 403 g/mol. The number of hydrogen-bond donors (Lipinski definition) is 2. The zero-order valence-electron chi connectivity index (χ0n) is 13.7. The highest BCUT2D eigenvalue weighted by atomic mass is 32.2. The molecule has 0 spiro atoms. The summed E-state index contributed by atoms with van der Waals surface area (Å²) in [5.41, 5.74) is 2.06. The molecule has 27 heavy (non-hydrogen) atoms. The Morgan fingerprint density at radius 1 is 1.22 bits per heavy atom. The maximum atomic E-state index is 12.7. The summed E-state index contributed by atoms with van der Waals surface area (Å²) in [5, 5.41) is 18.2.